The molecule has 0 radical (unpaired) electrons. The summed E-state index contributed by atoms with van der Waals surface area (Å²) >= 11 is 0. The van der Waals surface area contributed by atoms with Crippen LogP contribution >= 0.6 is 0 Å². The van der Waals surface area contributed by atoms with Crippen molar-refractivity contribution in [2.24, 2.45) is 17.6 Å². The third kappa shape index (κ3) is 5.29. The molecule has 0 amide bonds. The van der Waals surface area contributed by atoms with Crippen LogP contribution in [0.2, 0.25) is 0 Å². The van der Waals surface area contributed by atoms with Crippen molar-refractivity contribution in [3.63, 3.8) is 0 Å². The predicted molar refractivity (Wildman–Crippen MR) is 82.0 cm³/mol. The first kappa shape index (κ1) is 16.1. The Kier molecular flexibility index (Phi) is 6.46. The van der Waals surface area contributed by atoms with E-state index in [0.717, 1.165) is 18.8 Å². The Hall–Kier alpha value is -0.930. The second-order valence-electron chi connectivity index (χ2n) is 6.23. The lowest BCUT2D eigenvalue weighted by molar-refractivity contribution is 0.160. The van der Waals surface area contributed by atoms with Gasteiger partial charge in [0.25, 0.3) is 0 Å². The summed E-state index contributed by atoms with van der Waals surface area (Å²) < 4.78 is 0. The maximum atomic E-state index is 6.03. The summed E-state index contributed by atoms with van der Waals surface area (Å²) in [4.78, 5) is 6.91. The van der Waals surface area contributed by atoms with Crippen LogP contribution in [0.3, 0.4) is 0 Å². The molecule has 1 unspecified atom stereocenters. The van der Waals surface area contributed by atoms with Crippen molar-refractivity contribution in [2.45, 2.75) is 40.7 Å². The molecule has 0 bridgehead atoms. The molecule has 3 nitrogen and oxygen atoms in total. The number of aromatic nitrogens is 1. The van der Waals surface area contributed by atoms with E-state index in [1.807, 2.05) is 13.1 Å². The van der Waals surface area contributed by atoms with Crippen LogP contribution in [-0.4, -0.2) is 29.5 Å². The number of hydrogen-bond donors (Lipinski definition) is 1. The average Bonchev–Trinajstić information content (AvgIpc) is 2.30. The molecule has 2 N–H and O–H groups in total. The minimum absolute atomic E-state index is 0.276. The lowest BCUT2D eigenvalue weighted by Gasteiger charge is -2.33. The summed E-state index contributed by atoms with van der Waals surface area (Å²) in [5.74, 6) is 1.29. The van der Waals surface area contributed by atoms with Crippen LogP contribution in [0.5, 0.6) is 0 Å². The molecule has 1 rings (SSSR count). The first-order chi connectivity index (χ1) is 8.93. The van der Waals surface area contributed by atoms with Gasteiger partial charge in [-0.25, -0.2) is 0 Å². The standard InChI is InChI=1S/C16H29N3/c1-12(2)10-19(11-13(3)4)16(8-17)15-7-6-14(5)18-9-15/h6-7,9,12-13,16H,8,10-11,17H2,1-5H3. The minimum Gasteiger partial charge on any atom is -0.329 e. The molecular formula is C16H29N3. The maximum Gasteiger partial charge on any atom is 0.0485 e. The van der Waals surface area contributed by atoms with E-state index in [1.165, 1.54) is 5.56 Å². The number of rotatable bonds is 7. The van der Waals surface area contributed by atoms with E-state index in [2.05, 4.69) is 49.7 Å². The van der Waals surface area contributed by atoms with Gasteiger partial charge in [0.1, 0.15) is 0 Å². The highest BCUT2D eigenvalue weighted by Gasteiger charge is 2.21. The molecule has 1 heterocycles. The fraction of sp³-hybridized carbons (Fsp3) is 0.688. The Labute approximate surface area is 118 Å². The van der Waals surface area contributed by atoms with E-state index in [4.69, 9.17) is 5.73 Å². The monoisotopic (exact) mass is 263 g/mol. The minimum atomic E-state index is 0.276. The molecule has 19 heavy (non-hydrogen) atoms. The summed E-state index contributed by atoms with van der Waals surface area (Å²) in [7, 11) is 0. The molecule has 0 aliphatic carbocycles. The van der Waals surface area contributed by atoms with Gasteiger partial charge in [-0.2, -0.15) is 0 Å². The quantitative estimate of drug-likeness (QED) is 0.822. The van der Waals surface area contributed by atoms with E-state index >= 15 is 0 Å². The van der Waals surface area contributed by atoms with Crippen LogP contribution in [0.1, 0.15) is 45.0 Å². The number of aryl methyl sites for hydroxylation is 1. The highest BCUT2D eigenvalue weighted by Crippen LogP contribution is 2.21. The maximum absolute atomic E-state index is 6.03. The van der Waals surface area contributed by atoms with Gasteiger partial charge in [0, 0.05) is 37.6 Å². The average molecular weight is 263 g/mol. The third-order valence-corrected chi connectivity index (χ3v) is 3.18. The number of nitrogens with two attached hydrogens (primary N) is 1. The molecule has 1 aromatic rings. The molecule has 0 fully saturated rings. The SMILES string of the molecule is Cc1ccc(C(CN)N(CC(C)C)CC(C)C)cn1. The van der Waals surface area contributed by atoms with Crippen molar-refractivity contribution in [3.05, 3.63) is 29.6 Å². The van der Waals surface area contributed by atoms with Gasteiger partial charge >= 0.3 is 0 Å². The Bertz CT molecular complexity index is 347. The Morgan fingerprint density at radius 2 is 1.68 bits per heavy atom. The first-order valence-corrected chi connectivity index (χ1v) is 7.30. The van der Waals surface area contributed by atoms with Crippen LogP contribution in [0, 0.1) is 18.8 Å². The molecule has 0 saturated carbocycles. The normalized spacial score (nSPS) is 13.5. The molecule has 1 atom stereocenters. The molecule has 0 aliphatic heterocycles. The molecule has 0 saturated heterocycles. The third-order valence-electron chi connectivity index (χ3n) is 3.18. The van der Waals surface area contributed by atoms with Crippen molar-refractivity contribution < 1.29 is 0 Å². The zero-order chi connectivity index (χ0) is 14.4. The lowest BCUT2D eigenvalue weighted by atomic mass is 10.0. The van der Waals surface area contributed by atoms with Crippen molar-refractivity contribution >= 4 is 0 Å². The zero-order valence-electron chi connectivity index (χ0n) is 13.1. The van der Waals surface area contributed by atoms with Crippen molar-refractivity contribution in [3.8, 4) is 0 Å². The van der Waals surface area contributed by atoms with Gasteiger partial charge in [-0.3, -0.25) is 9.88 Å². The van der Waals surface area contributed by atoms with Gasteiger partial charge in [-0.1, -0.05) is 33.8 Å². The highest BCUT2D eigenvalue weighted by atomic mass is 15.2. The van der Waals surface area contributed by atoms with E-state index < -0.39 is 0 Å². The lowest BCUT2D eigenvalue weighted by Crippen LogP contribution is -2.38. The van der Waals surface area contributed by atoms with Crippen molar-refractivity contribution in [2.75, 3.05) is 19.6 Å². The van der Waals surface area contributed by atoms with Crippen LogP contribution in [0.4, 0.5) is 0 Å². The van der Waals surface area contributed by atoms with Gasteiger partial charge in [0.2, 0.25) is 0 Å². The zero-order valence-corrected chi connectivity index (χ0v) is 13.1. The second kappa shape index (κ2) is 7.61. The molecular weight excluding hydrogens is 234 g/mol. The summed E-state index contributed by atoms with van der Waals surface area (Å²) in [5.41, 5.74) is 8.31. The van der Waals surface area contributed by atoms with Gasteiger partial charge in [0.15, 0.2) is 0 Å². The number of pyridine rings is 1. The van der Waals surface area contributed by atoms with Crippen LogP contribution in [0.15, 0.2) is 18.3 Å². The molecule has 0 aromatic carbocycles. The van der Waals surface area contributed by atoms with Crippen LogP contribution in [-0.2, 0) is 0 Å². The summed E-state index contributed by atoms with van der Waals surface area (Å²) in [6.07, 6.45) is 1.97. The van der Waals surface area contributed by atoms with Gasteiger partial charge in [0.05, 0.1) is 0 Å². The molecule has 0 spiro atoms. The molecule has 3 heteroatoms. The number of hydrogen-bond acceptors (Lipinski definition) is 3. The summed E-state index contributed by atoms with van der Waals surface area (Å²) in [5, 5.41) is 0. The fourth-order valence-corrected chi connectivity index (χ4v) is 2.44. The van der Waals surface area contributed by atoms with Gasteiger partial charge < -0.3 is 5.73 Å². The Balaban J connectivity index is 2.91. The smallest absolute Gasteiger partial charge is 0.0485 e. The Morgan fingerprint density at radius 1 is 1.11 bits per heavy atom. The topological polar surface area (TPSA) is 42.1 Å². The molecule has 0 aliphatic rings. The highest BCUT2D eigenvalue weighted by molar-refractivity contribution is 5.18. The molecule has 108 valence electrons. The van der Waals surface area contributed by atoms with E-state index in [0.29, 0.717) is 18.4 Å². The van der Waals surface area contributed by atoms with Crippen LogP contribution < -0.4 is 5.73 Å². The summed E-state index contributed by atoms with van der Waals surface area (Å²) in [6, 6.07) is 4.51. The predicted octanol–water partition coefficient (Wildman–Crippen LogP) is 3.00. The fourth-order valence-electron chi connectivity index (χ4n) is 2.44. The van der Waals surface area contributed by atoms with E-state index in [1.54, 1.807) is 0 Å². The molecule has 1 aromatic heterocycles. The first-order valence-electron chi connectivity index (χ1n) is 7.30. The van der Waals surface area contributed by atoms with E-state index in [-0.39, 0.29) is 6.04 Å². The van der Waals surface area contributed by atoms with Crippen LogP contribution in [0.25, 0.3) is 0 Å². The van der Waals surface area contributed by atoms with Gasteiger partial charge in [-0.15, -0.1) is 0 Å². The van der Waals surface area contributed by atoms with E-state index in [9.17, 15) is 0 Å². The van der Waals surface area contributed by atoms with Gasteiger partial charge in [-0.05, 0) is 30.4 Å². The Morgan fingerprint density at radius 3 is 2.05 bits per heavy atom. The van der Waals surface area contributed by atoms with Crippen molar-refractivity contribution in [1.82, 2.24) is 9.88 Å². The largest absolute Gasteiger partial charge is 0.329 e. The summed E-state index contributed by atoms with van der Waals surface area (Å²) in [6.45, 7) is 13.8. The second-order valence-corrected chi connectivity index (χ2v) is 6.23. The van der Waals surface area contributed by atoms with Crippen molar-refractivity contribution in [1.29, 1.82) is 0 Å². The number of nitrogens with zero attached hydrogens (tertiary/aromatic N) is 2.